The monoisotopic (exact) mass is 378 g/mol. The zero-order chi connectivity index (χ0) is 19.2. The van der Waals surface area contributed by atoms with Crippen molar-refractivity contribution >= 4 is 21.6 Å². The first kappa shape index (κ1) is 20.1. The predicted octanol–water partition coefficient (Wildman–Crippen LogP) is 3.89. The normalized spacial score (nSPS) is 11.5. The highest BCUT2D eigenvalue weighted by atomic mass is 32.2. The van der Waals surface area contributed by atoms with E-state index in [9.17, 15) is 17.6 Å². The SMILES string of the molecule is CCCCN(CC)S(=O)(=O)c1ccc(C(=O)Nc2ccccc2F)cc1. The fourth-order valence-corrected chi connectivity index (χ4v) is 3.95. The maximum Gasteiger partial charge on any atom is 0.255 e. The smallest absolute Gasteiger partial charge is 0.255 e. The molecule has 0 spiro atoms. The Morgan fingerprint density at radius 3 is 2.31 bits per heavy atom. The van der Waals surface area contributed by atoms with Crippen molar-refractivity contribution in [3.8, 4) is 0 Å². The molecule has 0 aliphatic carbocycles. The molecule has 7 heteroatoms. The Kier molecular flexibility index (Phi) is 6.88. The van der Waals surface area contributed by atoms with Crippen LogP contribution >= 0.6 is 0 Å². The highest BCUT2D eigenvalue weighted by molar-refractivity contribution is 7.89. The third kappa shape index (κ3) is 4.68. The van der Waals surface area contributed by atoms with Crippen LogP contribution in [0.25, 0.3) is 0 Å². The number of nitrogens with one attached hydrogen (secondary N) is 1. The summed E-state index contributed by atoms with van der Waals surface area (Å²) in [6.07, 6.45) is 1.69. The van der Waals surface area contributed by atoms with Gasteiger partial charge in [-0.25, -0.2) is 12.8 Å². The van der Waals surface area contributed by atoms with Crippen molar-refractivity contribution in [3.05, 3.63) is 59.9 Å². The molecule has 2 aromatic rings. The Balaban J connectivity index is 2.16. The van der Waals surface area contributed by atoms with Crippen LogP contribution in [0.2, 0.25) is 0 Å². The number of sulfonamides is 1. The summed E-state index contributed by atoms with van der Waals surface area (Å²) in [4.78, 5) is 12.4. The van der Waals surface area contributed by atoms with E-state index in [1.165, 1.54) is 46.8 Å². The maximum atomic E-state index is 13.6. The van der Waals surface area contributed by atoms with Gasteiger partial charge in [0.15, 0.2) is 0 Å². The topological polar surface area (TPSA) is 66.5 Å². The number of carbonyl (C=O) groups is 1. The van der Waals surface area contributed by atoms with Gasteiger partial charge in [-0.15, -0.1) is 0 Å². The summed E-state index contributed by atoms with van der Waals surface area (Å²) in [6, 6.07) is 11.5. The van der Waals surface area contributed by atoms with Crippen LogP contribution in [0.4, 0.5) is 10.1 Å². The molecule has 5 nitrogen and oxygen atoms in total. The van der Waals surface area contributed by atoms with Crippen molar-refractivity contribution < 1.29 is 17.6 Å². The van der Waals surface area contributed by atoms with Crippen molar-refractivity contribution in [3.63, 3.8) is 0 Å². The molecule has 26 heavy (non-hydrogen) atoms. The molecule has 1 amide bonds. The van der Waals surface area contributed by atoms with E-state index >= 15 is 0 Å². The fraction of sp³-hybridized carbons (Fsp3) is 0.316. The van der Waals surface area contributed by atoms with E-state index in [-0.39, 0.29) is 16.1 Å². The Morgan fingerprint density at radius 1 is 1.08 bits per heavy atom. The molecule has 0 unspecified atom stereocenters. The van der Waals surface area contributed by atoms with Crippen molar-refractivity contribution in [1.29, 1.82) is 0 Å². The number of carbonyl (C=O) groups excluding carboxylic acids is 1. The number of hydrogen-bond donors (Lipinski definition) is 1. The van der Waals surface area contributed by atoms with Crippen molar-refractivity contribution in [1.82, 2.24) is 4.31 Å². The molecular formula is C19H23FN2O3S. The summed E-state index contributed by atoms with van der Waals surface area (Å²) in [7, 11) is -3.59. The summed E-state index contributed by atoms with van der Waals surface area (Å²) >= 11 is 0. The minimum absolute atomic E-state index is 0.0749. The quantitative estimate of drug-likeness (QED) is 0.758. The van der Waals surface area contributed by atoms with E-state index < -0.39 is 21.7 Å². The van der Waals surface area contributed by atoms with Gasteiger partial charge < -0.3 is 5.32 Å². The van der Waals surface area contributed by atoms with E-state index in [0.717, 1.165) is 12.8 Å². The van der Waals surface area contributed by atoms with E-state index in [2.05, 4.69) is 5.32 Å². The van der Waals surface area contributed by atoms with Crippen LogP contribution < -0.4 is 5.32 Å². The van der Waals surface area contributed by atoms with Crippen molar-refractivity contribution in [2.24, 2.45) is 0 Å². The molecule has 0 bridgehead atoms. The van der Waals surface area contributed by atoms with Crippen LogP contribution in [-0.4, -0.2) is 31.7 Å². The van der Waals surface area contributed by atoms with Gasteiger partial charge in [0.05, 0.1) is 10.6 Å². The lowest BCUT2D eigenvalue weighted by Gasteiger charge is -2.20. The number of amides is 1. The Bertz CT molecular complexity index is 851. The lowest BCUT2D eigenvalue weighted by molar-refractivity contribution is 0.102. The largest absolute Gasteiger partial charge is 0.319 e. The van der Waals surface area contributed by atoms with Gasteiger partial charge in [-0.2, -0.15) is 4.31 Å². The van der Waals surface area contributed by atoms with Gasteiger partial charge in [-0.1, -0.05) is 32.4 Å². The van der Waals surface area contributed by atoms with E-state index in [0.29, 0.717) is 13.1 Å². The molecule has 0 aliphatic rings. The average molecular weight is 378 g/mol. The van der Waals surface area contributed by atoms with Crippen LogP contribution in [-0.2, 0) is 10.0 Å². The number of hydrogen-bond acceptors (Lipinski definition) is 3. The lowest BCUT2D eigenvalue weighted by Crippen LogP contribution is -2.31. The maximum absolute atomic E-state index is 13.6. The number of benzene rings is 2. The number of nitrogens with zero attached hydrogens (tertiary/aromatic N) is 1. The van der Waals surface area contributed by atoms with Gasteiger partial charge in [-0.05, 0) is 42.8 Å². The average Bonchev–Trinajstić information content (AvgIpc) is 2.64. The predicted molar refractivity (Wildman–Crippen MR) is 100 cm³/mol. The van der Waals surface area contributed by atoms with E-state index in [4.69, 9.17) is 0 Å². The highest BCUT2D eigenvalue weighted by Gasteiger charge is 2.22. The molecule has 0 saturated carbocycles. The summed E-state index contributed by atoms with van der Waals surface area (Å²) in [5, 5.41) is 2.47. The summed E-state index contributed by atoms with van der Waals surface area (Å²) < 4.78 is 40.4. The van der Waals surface area contributed by atoms with E-state index in [1.807, 2.05) is 6.92 Å². The van der Waals surface area contributed by atoms with Crippen LogP contribution in [0.15, 0.2) is 53.4 Å². The molecular weight excluding hydrogens is 355 g/mol. The van der Waals surface area contributed by atoms with Crippen LogP contribution in [0.1, 0.15) is 37.0 Å². The highest BCUT2D eigenvalue weighted by Crippen LogP contribution is 2.18. The Hall–Kier alpha value is -2.25. The van der Waals surface area contributed by atoms with Crippen molar-refractivity contribution in [2.45, 2.75) is 31.6 Å². The molecule has 0 aromatic heterocycles. The third-order valence-corrected chi connectivity index (χ3v) is 5.98. The second-order valence-corrected chi connectivity index (χ2v) is 7.75. The Labute approximate surface area is 153 Å². The Morgan fingerprint density at radius 2 is 1.73 bits per heavy atom. The lowest BCUT2D eigenvalue weighted by atomic mass is 10.2. The number of halogens is 1. The second kappa shape index (κ2) is 8.91. The summed E-state index contributed by atoms with van der Waals surface area (Å²) in [6.45, 7) is 4.65. The van der Waals surface area contributed by atoms with Crippen LogP contribution in [0.5, 0.6) is 0 Å². The molecule has 0 saturated heterocycles. The van der Waals surface area contributed by atoms with Crippen LogP contribution in [0, 0.1) is 5.82 Å². The first-order valence-corrected chi connectivity index (χ1v) is 10.00. The molecule has 1 N–H and O–H groups in total. The summed E-state index contributed by atoms with van der Waals surface area (Å²) in [5.41, 5.74) is 0.328. The molecule has 140 valence electrons. The van der Waals surface area contributed by atoms with Crippen molar-refractivity contribution in [2.75, 3.05) is 18.4 Å². The number of para-hydroxylation sites is 1. The number of anilines is 1. The van der Waals surface area contributed by atoms with Gasteiger partial charge in [0, 0.05) is 18.7 Å². The van der Waals surface area contributed by atoms with Gasteiger partial charge in [0.2, 0.25) is 10.0 Å². The second-order valence-electron chi connectivity index (χ2n) is 5.81. The first-order valence-electron chi connectivity index (χ1n) is 8.56. The third-order valence-electron chi connectivity index (χ3n) is 3.99. The van der Waals surface area contributed by atoms with Gasteiger partial charge in [0.25, 0.3) is 5.91 Å². The number of rotatable bonds is 8. The number of unbranched alkanes of at least 4 members (excludes halogenated alkanes) is 1. The zero-order valence-corrected chi connectivity index (χ0v) is 15.7. The molecule has 0 radical (unpaired) electrons. The molecule has 0 aliphatic heterocycles. The van der Waals surface area contributed by atoms with E-state index in [1.54, 1.807) is 13.0 Å². The van der Waals surface area contributed by atoms with Gasteiger partial charge in [0.1, 0.15) is 5.82 Å². The zero-order valence-electron chi connectivity index (χ0n) is 14.9. The molecule has 0 atom stereocenters. The minimum atomic E-state index is -3.59. The molecule has 0 fully saturated rings. The minimum Gasteiger partial charge on any atom is -0.319 e. The van der Waals surface area contributed by atoms with Gasteiger partial charge in [-0.3, -0.25) is 4.79 Å². The molecule has 2 rings (SSSR count). The molecule has 0 heterocycles. The summed E-state index contributed by atoms with van der Waals surface area (Å²) in [5.74, 6) is -1.04. The fourth-order valence-electron chi connectivity index (χ4n) is 2.47. The van der Waals surface area contributed by atoms with Crippen LogP contribution in [0.3, 0.4) is 0 Å². The standard InChI is InChI=1S/C19H23FN2O3S/c1-3-5-14-22(4-2)26(24,25)16-12-10-15(11-13-16)19(23)21-18-9-7-6-8-17(18)20/h6-13H,3-5,14H2,1-2H3,(H,21,23). The van der Waals surface area contributed by atoms with Gasteiger partial charge >= 0.3 is 0 Å². The molecule has 2 aromatic carbocycles. The first-order chi connectivity index (χ1) is 12.4.